The zero-order valence-electron chi connectivity index (χ0n) is 15.4. The van der Waals surface area contributed by atoms with Gasteiger partial charge in [0.1, 0.15) is 10.8 Å². The quantitative estimate of drug-likeness (QED) is 0.575. The monoisotopic (exact) mass is 390 g/mol. The van der Waals surface area contributed by atoms with E-state index in [2.05, 4.69) is 39.3 Å². The van der Waals surface area contributed by atoms with Gasteiger partial charge in [-0.1, -0.05) is 24.9 Å². The molecule has 1 aliphatic heterocycles. The lowest BCUT2D eigenvalue weighted by Gasteiger charge is -2.35. The van der Waals surface area contributed by atoms with Crippen molar-refractivity contribution in [3.63, 3.8) is 0 Å². The summed E-state index contributed by atoms with van der Waals surface area (Å²) in [6.45, 7) is 6.94. The second-order valence-electron chi connectivity index (χ2n) is 6.59. The zero-order chi connectivity index (χ0) is 19.4. The van der Waals surface area contributed by atoms with Gasteiger partial charge in [0.05, 0.1) is 4.92 Å². The van der Waals surface area contributed by atoms with Crippen molar-refractivity contribution in [1.29, 1.82) is 0 Å². The Balaban J connectivity index is 1.92. The van der Waals surface area contributed by atoms with Gasteiger partial charge in [-0.2, -0.15) is 4.98 Å². The minimum absolute atomic E-state index is 0.0986. The number of hydrogen-bond donors (Lipinski definition) is 2. The van der Waals surface area contributed by atoms with Gasteiger partial charge in [0.25, 0.3) is 5.69 Å². The van der Waals surface area contributed by atoms with Crippen LogP contribution in [-0.2, 0) is 6.42 Å². The van der Waals surface area contributed by atoms with Gasteiger partial charge in [-0.05, 0) is 25.5 Å². The van der Waals surface area contributed by atoms with Crippen LogP contribution in [0.3, 0.4) is 0 Å². The molecule has 2 N–H and O–H groups in total. The molecule has 0 saturated carbocycles. The Morgan fingerprint density at radius 3 is 2.93 bits per heavy atom. The molecule has 144 valence electrons. The van der Waals surface area contributed by atoms with Crippen molar-refractivity contribution in [2.45, 2.75) is 32.7 Å². The van der Waals surface area contributed by atoms with Crippen LogP contribution in [0.25, 0.3) is 0 Å². The number of aryl methyl sites for hydroxylation is 1. The minimum Gasteiger partial charge on any atom is -0.351 e. The molecular formula is C18H23ClN6O2. The smallest absolute Gasteiger partial charge is 0.289 e. The Morgan fingerprint density at radius 2 is 2.22 bits per heavy atom. The Morgan fingerprint density at radius 1 is 1.41 bits per heavy atom. The lowest BCUT2D eigenvalue weighted by Crippen LogP contribution is -2.50. The highest BCUT2D eigenvalue weighted by Gasteiger charge is 2.21. The summed E-state index contributed by atoms with van der Waals surface area (Å²) < 4.78 is 0. The molecular weight excluding hydrogens is 368 g/mol. The molecule has 1 aliphatic rings. The summed E-state index contributed by atoms with van der Waals surface area (Å²) in [5, 5.41) is 17.7. The molecule has 0 amide bonds. The van der Waals surface area contributed by atoms with E-state index < -0.39 is 4.92 Å². The van der Waals surface area contributed by atoms with Gasteiger partial charge in [0.15, 0.2) is 0 Å². The number of nitro groups is 1. The van der Waals surface area contributed by atoms with Crippen molar-refractivity contribution in [3.05, 3.63) is 45.1 Å². The van der Waals surface area contributed by atoms with Crippen LogP contribution in [0.1, 0.15) is 26.0 Å². The largest absolute Gasteiger partial charge is 0.351 e. The van der Waals surface area contributed by atoms with Crippen LogP contribution in [0.2, 0.25) is 5.02 Å². The van der Waals surface area contributed by atoms with Gasteiger partial charge in [-0.25, -0.2) is 4.98 Å². The third-order valence-corrected chi connectivity index (χ3v) is 4.79. The zero-order valence-corrected chi connectivity index (χ0v) is 16.2. The second kappa shape index (κ2) is 8.49. The van der Waals surface area contributed by atoms with Crippen LogP contribution in [0.5, 0.6) is 0 Å². The first kappa shape index (κ1) is 19.3. The van der Waals surface area contributed by atoms with Crippen molar-refractivity contribution in [2.75, 3.05) is 29.9 Å². The first-order chi connectivity index (χ1) is 13.0. The summed E-state index contributed by atoms with van der Waals surface area (Å²) in [7, 11) is 0. The predicted octanol–water partition coefficient (Wildman–Crippen LogP) is 3.53. The first-order valence-corrected chi connectivity index (χ1v) is 9.42. The van der Waals surface area contributed by atoms with Crippen LogP contribution in [0.15, 0.2) is 24.3 Å². The second-order valence-corrected chi connectivity index (χ2v) is 6.99. The molecule has 0 spiro atoms. The number of halogens is 1. The molecule has 2 heterocycles. The molecule has 0 aliphatic carbocycles. The van der Waals surface area contributed by atoms with E-state index in [0.717, 1.165) is 44.0 Å². The maximum absolute atomic E-state index is 11.1. The fourth-order valence-electron chi connectivity index (χ4n) is 3.11. The van der Waals surface area contributed by atoms with Crippen LogP contribution in [0, 0.1) is 10.1 Å². The maximum Gasteiger partial charge on any atom is 0.289 e. The van der Waals surface area contributed by atoms with E-state index in [1.54, 1.807) is 6.07 Å². The average Bonchev–Trinajstić information content (AvgIpc) is 2.63. The highest BCUT2D eigenvalue weighted by Crippen LogP contribution is 2.29. The molecule has 27 heavy (non-hydrogen) atoms. The van der Waals surface area contributed by atoms with Crippen molar-refractivity contribution < 1.29 is 4.92 Å². The van der Waals surface area contributed by atoms with Crippen LogP contribution < -0.4 is 15.5 Å². The molecule has 3 rings (SSSR count). The number of rotatable bonds is 6. The summed E-state index contributed by atoms with van der Waals surface area (Å²) in [6, 6.07) is 6.93. The maximum atomic E-state index is 11.1. The third-order valence-electron chi connectivity index (χ3n) is 4.47. The van der Waals surface area contributed by atoms with Crippen LogP contribution in [-0.4, -0.2) is 40.6 Å². The van der Waals surface area contributed by atoms with Gasteiger partial charge >= 0.3 is 0 Å². The topological polar surface area (TPSA) is 96.2 Å². The molecule has 1 aromatic heterocycles. The van der Waals surface area contributed by atoms with E-state index in [0.29, 0.717) is 17.7 Å². The fourth-order valence-corrected chi connectivity index (χ4v) is 3.30. The van der Waals surface area contributed by atoms with Gasteiger partial charge < -0.3 is 15.5 Å². The van der Waals surface area contributed by atoms with Gasteiger partial charge in [0, 0.05) is 49.2 Å². The number of aromatic nitrogens is 2. The minimum atomic E-state index is -0.504. The number of benzene rings is 1. The number of piperazine rings is 1. The lowest BCUT2D eigenvalue weighted by molar-refractivity contribution is -0.384. The number of nitrogens with zero attached hydrogens (tertiary/aromatic N) is 4. The first-order valence-electron chi connectivity index (χ1n) is 9.04. The Labute approximate surface area is 163 Å². The molecule has 1 aromatic carbocycles. The Kier molecular flexibility index (Phi) is 6.08. The highest BCUT2D eigenvalue weighted by molar-refractivity contribution is 6.32. The molecule has 8 nitrogen and oxygen atoms in total. The van der Waals surface area contributed by atoms with E-state index in [9.17, 15) is 10.1 Å². The van der Waals surface area contributed by atoms with E-state index >= 15 is 0 Å². The van der Waals surface area contributed by atoms with Crippen molar-refractivity contribution >= 4 is 34.7 Å². The summed E-state index contributed by atoms with van der Waals surface area (Å²) in [4.78, 5) is 22.1. The van der Waals surface area contributed by atoms with Crippen LogP contribution >= 0.6 is 11.6 Å². The number of hydrogen-bond acceptors (Lipinski definition) is 7. The molecule has 9 heteroatoms. The average molecular weight is 391 g/mol. The predicted molar refractivity (Wildman–Crippen MR) is 107 cm³/mol. The fraction of sp³-hybridized carbons (Fsp3) is 0.444. The number of anilines is 3. The normalized spacial score (nSPS) is 17.0. The third kappa shape index (κ3) is 4.64. The van der Waals surface area contributed by atoms with E-state index in [4.69, 9.17) is 11.6 Å². The molecule has 2 aromatic rings. The molecule has 0 bridgehead atoms. The summed E-state index contributed by atoms with van der Waals surface area (Å²) in [5.74, 6) is 1.30. The summed E-state index contributed by atoms with van der Waals surface area (Å²) >= 11 is 5.89. The SMILES string of the molecule is CCCc1cc(N2CCNC[C@H]2C)nc(Nc2ccc(Cl)c([N+](=O)[O-])c2)n1. The number of nitrogens with one attached hydrogen (secondary N) is 2. The molecule has 1 fully saturated rings. The summed E-state index contributed by atoms with van der Waals surface area (Å²) in [5.41, 5.74) is 1.32. The van der Waals surface area contributed by atoms with Crippen LogP contribution in [0.4, 0.5) is 23.1 Å². The standard InChI is InChI=1S/C18H23ClN6O2/c1-3-4-13-10-17(24-8-7-20-11-12(24)2)23-18(21-13)22-14-5-6-15(19)16(9-14)25(26)27/h5-6,9-10,12,20H,3-4,7-8,11H2,1-2H3,(H,21,22,23)/t12-/m1/s1. The highest BCUT2D eigenvalue weighted by atomic mass is 35.5. The van der Waals surface area contributed by atoms with Crippen molar-refractivity contribution in [3.8, 4) is 0 Å². The van der Waals surface area contributed by atoms with Gasteiger partial charge in [-0.3, -0.25) is 10.1 Å². The Bertz CT molecular complexity index is 831. The molecule has 0 radical (unpaired) electrons. The summed E-state index contributed by atoms with van der Waals surface area (Å²) in [6.07, 6.45) is 1.81. The van der Waals surface area contributed by atoms with E-state index in [1.807, 2.05) is 6.07 Å². The molecule has 1 saturated heterocycles. The van der Waals surface area contributed by atoms with E-state index in [1.165, 1.54) is 12.1 Å². The van der Waals surface area contributed by atoms with Gasteiger partial charge in [0.2, 0.25) is 5.95 Å². The Hall–Kier alpha value is -2.45. The van der Waals surface area contributed by atoms with Crippen molar-refractivity contribution in [2.24, 2.45) is 0 Å². The molecule has 1 atom stereocenters. The van der Waals surface area contributed by atoms with Gasteiger partial charge in [-0.15, -0.1) is 0 Å². The molecule has 0 unspecified atom stereocenters. The number of nitro benzene ring substituents is 1. The lowest BCUT2D eigenvalue weighted by atomic mass is 10.2. The van der Waals surface area contributed by atoms with E-state index in [-0.39, 0.29) is 10.7 Å². The van der Waals surface area contributed by atoms with Crippen molar-refractivity contribution in [1.82, 2.24) is 15.3 Å².